The number of hydrogen-bond acceptors (Lipinski definition) is 4. The molecule has 0 aliphatic heterocycles. The van der Waals surface area contributed by atoms with E-state index >= 15 is 0 Å². The van der Waals surface area contributed by atoms with Gasteiger partial charge in [0.05, 0.1) is 6.20 Å². The number of carbonyl (C=O) groups is 1. The van der Waals surface area contributed by atoms with Crippen LogP contribution in [-0.2, 0) is 21.4 Å². The summed E-state index contributed by atoms with van der Waals surface area (Å²) < 4.78 is 27.3. The van der Waals surface area contributed by atoms with Gasteiger partial charge in [-0.15, -0.1) is 0 Å². The van der Waals surface area contributed by atoms with E-state index in [-0.39, 0.29) is 11.4 Å². The van der Waals surface area contributed by atoms with E-state index in [2.05, 4.69) is 16.7 Å². The van der Waals surface area contributed by atoms with Gasteiger partial charge in [0.2, 0.25) is 10.0 Å². The van der Waals surface area contributed by atoms with Crippen molar-refractivity contribution in [2.24, 2.45) is 0 Å². The quantitative estimate of drug-likeness (QED) is 0.656. The van der Waals surface area contributed by atoms with Crippen LogP contribution >= 0.6 is 0 Å². The molecule has 0 fully saturated rings. The zero-order valence-electron chi connectivity index (χ0n) is 10.9. The summed E-state index contributed by atoms with van der Waals surface area (Å²) in [6, 6.07) is 0. The molecule has 19 heavy (non-hydrogen) atoms. The molecule has 0 spiro atoms. The fraction of sp³-hybridized carbons (Fsp3) is 0.636. The molecule has 8 heteroatoms. The summed E-state index contributed by atoms with van der Waals surface area (Å²) in [5.41, 5.74) is 0. The Labute approximate surface area is 112 Å². The van der Waals surface area contributed by atoms with Crippen LogP contribution in [0.1, 0.15) is 32.6 Å². The molecule has 0 saturated heterocycles. The fourth-order valence-corrected chi connectivity index (χ4v) is 2.58. The zero-order valence-corrected chi connectivity index (χ0v) is 11.7. The number of sulfonamides is 1. The van der Waals surface area contributed by atoms with E-state index in [9.17, 15) is 13.2 Å². The van der Waals surface area contributed by atoms with Crippen molar-refractivity contribution in [1.29, 1.82) is 0 Å². The van der Waals surface area contributed by atoms with Crippen molar-refractivity contribution < 1.29 is 18.3 Å². The molecule has 0 bridgehead atoms. The molecule has 7 nitrogen and oxygen atoms in total. The molecule has 0 aliphatic carbocycles. The van der Waals surface area contributed by atoms with Gasteiger partial charge in [-0.3, -0.25) is 9.48 Å². The lowest BCUT2D eigenvalue weighted by Gasteiger charge is -2.03. The molecule has 0 saturated carbocycles. The van der Waals surface area contributed by atoms with Crippen LogP contribution < -0.4 is 4.72 Å². The highest BCUT2D eigenvalue weighted by molar-refractivity contribution is 7.89. The molecule has 0 unspecified atom stereocenters. The van der Waals surface area contributed by atoms with Crippen LogP contribution in [0.2, 0.25) is 0 Å². The maximum atomic E-state index is 11.9. The maximum absolute atomic E-state index is 11.9. The molecule has 108 valence electrons. The van der Waals surface area contributed by atoms with Crippen LogP contribution in [0.4, 0.5) is 0 Å². The van der Waals surface area contributed by atoms with E-state index in [1.165, 1.54) is 6.20 Å². The Morgan fingerprint density at radius 3 is 2.79 bits per heavy atom. The average molecular weight is 289 g/mol. The smallest absolute Gasteiger partial charge is 0.325 e. The number of rotatable bonds is 9. The van der Waals surface area contributed by atoms with Gasteiger partial charge in [-0.1, -0.05) is 26.2 Å². The number of aromatic nitrogens is 2. The average Bonchev–Trinajstić information content (AvgIpc) is 2.77. The Bertz CT molecular complexity index is 510. The van der Waals surface area contributed by atoms with Gasteiger partial charge in [0, 0.05) is 12.7 Å². The van der Waals surface area contributed by atoms with Gasteiger partial charge >= 0.3 is 5.97 Å². The number of nitrogens with zero attached hydrogens (tertiary/aromatic N) is 2. The highest BCUT2D eigenvalue weighted by Gasteiger charge is 2.16. The second-order valence-corrected chi connectivity index (χ2v) is 5.99. The molecule has 1 heterocycles. The van der Waals surface area contributed by atoms with Crippen molar-refractivity contribution in [1.82, 2.24) is 14.5 Å². The Morgan fingerprint density at radius 2 is 2.16 bits per heavy atom. The van der Waals surface area contributed by atoms with Crippen molar-refractivity contribution >= 4 is 16.0 Å². The SMILES string of the molecule is CCCCCCNS(=O)(=O)c1cnn(CC(=O)O)c1. The van der Waals surface area contributed by atoms with Crippen molar-refractivity contribution in [2.75, 3.05) is 6.54 Å². The molecule has 0 aromatic carbocycles. The summed E-state index contributed by atoms with van der Waals surface area (Å²) in [5.74, 6) is -1.07. The number of unbranched alkanes of at least 4 members (excludes halogenated alkanes) is 3. The number of carboxylic acids is 1. The lowest BCUT2D eigenvalue weighted by atomic mass is 10.2. The first-order chi connectivity index (χ1) is 8.95. The molecule has 2 N–H and O–H groups in total. The number of nitrogens with one attached hydrogen (secondary N) is 1. The van der Waals surface area contributed by atoms with Gasteiger partial charge in [0.1, 0.15) is 11.4 Å². The van der Waals surface area contributed by atoms with Crippen LogP contribution in [-0.4, -0.2) is 35.8 Å². The van der Waals surface area contributed by atoms with Crippen LogP contribution in [0.15, 0.2) is 17.3 Å². The van der Waals surface area contributed by atoms with E-state index in [1.807, 2.05) is 0 Å². The largest absolute Gasteiger partial charge is 0.480 e. The minimum Gasteiger partial charge on any atom is -0.480 e. The lowest BCUT2D eigenvalue weighted by Crippen LogP contribution is -2.24. The molecular weight excluding hydrogens is 270 g/mol. The Hall–Kier alpha value is -1.41. The van der Waals surface area contributed by atoms with Crippen molar-refractivity contribution in [3.8, 4) is 0 Å². The molecule has 0 atom stereocenters. The number of aliphatic carboxylic acids is 1. The summed E-state index contributed by atoms with van der Waals surface area (Å²) in [6.45, 7) is 2.11. The van der Waals surface area contributed by atoms with Crippen LogP contribution in [0, 0.1) is 0 Å². The molecule has 1 aromatic rings. The fourth-order valence-electron chi connectivity index (χ4n) is 1.55. The van der Waals surface area contributed by atoms with Crippen LogP contribution in [0.5, 0.6) is 0 Å². The number of carboxylic acid groups (broad SMARTS) is 1. The summed E-state index contributed by atoms with van der Waals surface area (Å²) in [7, 11) is -3.59. The molecule has 1 rings (SSSR count). The second kappa shape index (κ2) is 7.25. The van der Waals surface area contributed by atoms with E-state index in [1.54, 1.807) is 0 Å². The molecule has 0 radical (unpaired) electrons. The highest BCUT2D eigenvalue weighted by Crippen LogP contribution is 2.07. The zero-order chi connectivity index (χ0) is 14.3. The topological polar surface area (TPSA) is 101 Å². The Kier molecular flexibility index (Phi) is 5.97. The van der Waals surface area contributed by atoms with Gasteiger partial charge in [-0.05, 0) is 6.42 Å². The van der Waals surface area contributed by atoms with Gasteiger partial charge < -0.3 is 5.11 Å². The van der Waals surface area contributed by atoms with Crippen LogP contribution in [0.25, 0.3) is 0 Å². The predicted octanol–water partition coefficient (Wildman–Crippen LogP) is 0.826. The third-order valence-corrected chi connectivity index (χ3v) is 3.96. The Morgan fingerprint density at radius 1 is 1.42 bits per heavy atom. The summed E-state index contributed by atoms with van der Waals surface area (Å²) in [6.07, 6.45) is 6.31. The molecule has 0 aliphatic rings. The molecule has 1 aromatic heterocycles. The first-order valence-corrected chi connectivity index (χ1v) is 7.68. The minimum atomic E-state index is -3.59. The van der Waals surface area contributed by atoms with Crippen molar-refractivity contribution in [2.45, 2.75) is 44.0 Å². The van der Waals surface area contributed by atoms with E-state index in [0.29, 0.717) is 6.54 Å². The monoisotopic (exact) mass is 289 g/mol. The van der Waals surface area contributed by atoms with Gasteiger partial charge in [-0.2, -0.15) is 5.10 Å². The normalized spacial score (nSPS) is 11.6. The first kappa shape index (κ1) is 15.6. The first-order valence-electron chi connectivity index (χ1n) is 6.19. The van der Waals surface area contributed by atoms with E-state index < -0.39 is 16.0 Å². The molecular formula is C11H19N3O4S. The van der Waals surface area contributed by atoms with E-state index in [0.717, 1.165) is 36.6 Å². The number of hydrogen-bond donors (Lipinski definition) is 2. The summed E-state index contributed by atoms with van der Waals surface area (Å²) in [5, 5.41) is 12.3. The minimum absolute atomic E-state index is 0.00996. The predicted molar refractivity (Wildman–Crippen MR) is 69.2 cm³/mol. The second-order valence-electron chi connectivity index (χ2n) is 4.23. The Balaban J connectivity index is 2.52. The maximum Gasteiger partial charge on any atom is 0.325 e. The summed E-state index contributed by atoms with van der Waals surface area (Å²) >= 11 is 0. The highest BCUT2D eigenvalue weighted by atomic mass is 32.2. The summed E-state index contributed by atoms with van der Waals surface area (Å²) in [4.78, 5) is 10.5. The third-order valence-electron chi connectivity index (χ3n) is 2.54. The lowest BCUT2D eigenvalue weighted by molar-refractivity contribution is -0.137. The van der Waals surface area contributed by atoms with E-state index in [4.69, 9.17) is 5.11 Å². The third kappa shape index (κ3) is 5.39. The standard InChI is InChI=1S/C11H19N3O4S/c1-2-3-4-5-6-13-19(17,18)10-7-12-14(8-10)9-11(15)16/h7-8,13H,2-6,9H2,1H3,(H,15,16). The molecule has 0 amide bonds. The van der Waals surface area contributed by atoms with Crippen molar-refractivity contribution in [3.63, 3.8) is 0 Å². The van der Waals surface area contributed by atoms with Gasteiger partial charge in [-0.25, -0.2) is 13.1 Å². The van der Waals surface area contributed by atoms with Gasteiger partial charge in [0.15, 0.2) is 0 Å². The van der Waals surface area contributed by atoms with Crippen molar-refractivity contribution in [3.05, 3.63) is 12.4 Å². The van der Waals surface area contributed by atoms with Crippen LogP contribution in [0.3, 0.4) is 0 Å². The van der Waals surface area contributed by atoms with Gasteiger partial charge in [0.25, 0.3) is 0 Å².